The van der Waals surface area contributed by atoms with Gasteiger partial charge >= 0.3 is 0 Å². The second-order valence-electron chi connectivity index (χ2n) is 7.05. The summed E-state index contributed by atoms with van der Waals surface area (Å²) in [5.41, 5.74) is 14.9. The predicted octanol–water partition coefficient (Wildman–Crippen LogP) is 3.85. The molecule has 1 heterocycles. The Hall–Kier alpha value is -3.02. The zero-order chi connectivity index (χ0) is 19.7. The number of fused-ring (bicyclic) bond motifs is 1. The Morgan fingerprint density at radius 1 is 1.15 bits per heavy atom. The van der Waals surface area contributed by atoms with Gasteiger partial charge in [0.1, 0.15) is 0 Å². The molecule has 0 aliphatic rings. The van der Waals surface area contributed by atoms with Gasteiger partial charge in [0, 0.05) is 30.5 Å². The molecule has 1 aromatic heterocycles. The average molecular weight is 368 g/mol. The number of nitrogens with zero attached hydrogens (tertiary/aromatic N) is 1. The highest BCUT2D eigenvalue weighted by atomic mass is 19.1. The van der Waals surface area contributed by atoms with Crippen LogP contribution in [0, 0.1) is 12.7 Å². The molecule has 142 valence electrons. The van der Waals surface area contributed by atoms with Gasteiger partial charge in [-0.15, -0.1) is 0 Å². The number of benzene rings is 2. The van der Waals surface area contributed by atoms with Gasteiger partial charge < -0.3 is 21.4 Å². The summed E-state index contributed by atoms with van der Waals surface area (Å²) >= 11 is 0. The lowest BCUT2D eigenvalue weighted by molar-refractivity contribution is 0.584. The zero-order valence-electron chi connectivity index (χ0n) is 15.8. The molecule has 0 aliphatic heterocycles. The lowest BCUT2D eigenvalue weighted by Gasteiger charge is -2.20. The summed E-state index contributed by atoms with van der Waals surface area (Å²) in [6, 6.07) is 9.02. The lowest BCUT2D eigenvalue weighted by atomic mass is 10.0. The normalized spacial score (nSPS) is 11.3. The van der Waals surface area contributed by atoms with Crippen molar-refractivity contribution in [2.45, 2.75) is 33.2 Å². The Balaban J connectivity index is 2.01. The van der Waals surface area contributed by atoms with Crippen molar-refractivity contribution in [1.29, 1.82) is 0 Å². The lowest BCUT2D eigenvalue weighted by Crippen LogP contribution is -2.17. The molecule has 5 N–H and O–H groups in total. The van der Waals surface area contributed by atoms with E-state index in [2.05, 4.69) is 5.32 Å². The van der Waals surface area contributed by atoms with E-state index in [-0.39, 0.29) is 22.4 Å². The summed E-state index contributed by atoms with van der Waals surface area (Å²) < 4.78 is 17.1. The van der Waals surface area contributed by atoms with Crippen molar-refractivity contribution in [2.75, 3.05) is 23.3 Å². The average Bonchev–Trinajstić information content (AvgIpc) is 2.63. The molecule has 3 rings (SSSR count). The molecule has 27 heavy (non-hydrogen) atoms. The van der Waals surface area contributed by atoms with Gasteiger partial charge in [-0.05, 0) is 50.5 Å². The molecule has 0 saturated heterocycles. The number of aromatic nitrogens is 1. The van der Waals surface area contributed by atoms with Gasteiger partial charge in [-0.1, -0.05) is 12.1 Å². The van der Waals surface area contributed by atoms with Gasteiger partial charge in [0.2, 0.25) is 0 Å². The largest absolute Gasteiger partial charge is 0.399 e. The van der Waals surface area contributed by atoms with Crippen LogP contribution in [0.3, 0.4) is 0 Å². The Kier molecular flexibility index (Phi) is 5.08. The molecule has 0 atom stereocenters. The molecule has 6 heteroatoms. The maximum Gasteiger partial charge on any atom is 0.191 e. The highest BCUT2D eigenvalue weighted by molar-refractivity contribution is 5.96. The second-order valence-corrected chi connectivity index (χ2v) is 7.05. The maximum absolute atomic E-state index is 15.4. The molecule has 0 spiro atoms. The number of nitrogens with two attached hydrogens (primary N) is 2. The highest BCUT2D eigenvalue weighted by Crippen LogP contribution is 2.34. The smallest absolute Gasteiger partial charge is 0.191 e. The Morgan fingerprint density at radius 3 is 2.44 bits per heavy atom. The topological polar surface area (TPSA) is 86.1 Å². The molecule has 5 nitrogen and oxygen atoms in total. The highest BCUT2D eigenvalue weighted by Gasteiger charge is 2.20. The van der Waals surface area contributed by atoms with Crippen LogP contribution in [-0.4, -0.2) is 11.1 Å². The minimum Gasteiger partial charge on any atom is -0.399 e. The number of hydrogen-bond acceptors (Lipinski definition) is 4. The molecule has 0 fully saturated rings. The van der Waals surface area contributed by atoms with E-state index in [0.29, 0.717) is 35.6 Å². The fraction of sp³-hybridized carbons (Fsp3) is 0.286. The quantitative estimate of drug-likeness (QED) is 0.597. The number of nitrogen functional groups attached to an aromatic ring is 2. The third-order valence-corrected chi connectivity index (χ3v) is 4.86. The van der Waals surface area contributed by atoms with Crippen LogP contribution in [-0.2, 0) is 6.42 Å². The Morgan fingerprint density at radius 2 is 1.81 bits per heavy atom. The van der Waals surface area contributed by atoms with Crippen molar-refractivity contribution >= 4 is 28.0 Å². The molecule has 3 aromatic rings. The summed E-state index contributed by atoms with van der Waals surface area (Å²) in [7, 11) is 0. The molecule has 0 unspecified atom stereocenters. The van der Waals surface area contributed by atoms with Gasteiger partial charge in [-0.2, -0.15) is 0 Å². The van der Waals surface area contributed by atoms with E-state index >= 15 is 4.39 Å². The van der Waals surface area contributed by atoms with E-state index in [4.69, 9.17) is 11.5 Å². The van der Waals surface area contributed by atoms with Crippen LogP contribution in [0.5, 0.6) is 0 Å². The van der Waals surface area contributed by atoms with E-state index in [1.54, 1.807) is 17.7 Å². The monoisotopic (exact) mass is 368 g/mol. The van der Waals surface area contributed by atoms with Gasteiger partial charge in [-0.3, -0.25) is 4.79 Å². The molecule has 0 saturated carbocycles. The van der Waals surface area contributed by atoms with Crippen LogP contribution in [0.25, 0.3) is 10.9 Å². The molecule has 0 aliphatic carbocycles. The molecule has 0 bridgehead atoms. The van der Waals surface area contributed by atoms with Crippen molar-refractivity contribution in [3.63, 3.8) is 0 Å². The van der Waals surface area contributed by atoms with E-state index < -0.39 is 5.82 Å². The zero-order valence-corrected chi connectivity index (χ0v) is 15.8. The van der Waals surface area contributed by atoms with Crippen LogP contribution in [0.4, 0.5) is 21.5 Å². The maximum atomic E-state index is 15.4. The summed E-state index contributed by atoms with van der Waals surface area (Å²) in [5, 5.41) is 3.40. The Bertz CT molecular complexity index is 1040. The molecule has 0 radical (unpaired) electrons. The van der Waals surface area contributed by atoms with Crippen molar-refractivity contribution in [3.8, 4) is 0 Å². The van der Waals surface area contributed by atoms with Gasteiger partial charge in [0.15, 0.2) is 11.2 Å². The van der Waals surface area contributed by atoms with Crippen molar-refractivity contribution in [1.82, 2.24) is 4.57 Å². The van der Waals surface area contributed by atoms with Crippen molar-refractivity contribution in [3.05, 3.63) is 63.7 Å². The SMILES string of the molecule is Cc1c(NCCc2ccc(N)cc2)c(F)c2c(c1N)c(=O)ccn2C(C)C. The summed E-state index contributed by atoms with van der Waals surface area (Å²) in [5.74, 6) is -0.444. The minimum atomic E-state index is -0.444. The molecular formula is C21H25FN4O. The predicted molar refractivity (Wildman–Crippen MR) is 111 cm³/mol. The fourth-order valence-corrected chi connectivity index (χ4v) is 3.30. The van der Waals surface area contributed by atoms with Crippen molar-refractivity contribution in [2.24, 2.45) is 0 Å². The first-order chi connectivity index (χ1) is 12.8. The van der Waals surface area contributed by atoms with Gasteiger partial charge in [0.05, 0.1) is 22.3 Å². The van der Waals surface area contributed by atoms with E-state index in [1.807, 2.05) is 38.1 Å². The van der Waals surface area contributed by atoms with Crippen LogP contribution >= 0.6 is 0 Å². The number of anilines is 3. The molecular weight excluding hydrogens is 343 g/mol. The first kappa shape index (κ1) is 18.8. The molecule has 0 amide bonds. The fourth-order valence-electron chi connectivity index (χ4n) is 3.30. The standard InChI is InChI=1S/C21H25FN4O/c1-12(2)26-11-9-16(27)17-19(24)13(3)20(18(22)21(17)26)25-10-8-14-4-6-15(23)7-5-14/h4-7,9,11-12,25H,8,10,23-24H2,1-3H3. The van der Waals surface area contributed by atoms with E-state index in [0.717, 1.165) is 5.56 Å². The minimum absolute atomic E-state index is 0.00710. The summed E-state index contributed by atoms with van der Waals surface area (Å²) in [6.45, 7) is 6.14. The third kappa shape index (κ3) is 3.47. The van der Waals surface area contributed by atoms with E-state index in [1.165, 1.54) is 6.07 Å². The van der Waals surface area contributed by atoms with Crippen molar-refractivity contribution < 1.29 is 4.39 Å². The number of rotatable bonds is 5. The first-order valence-corrected chi connectivity index (χ1v) is 9.02. The van der Waals surface area contributed by atoms with Gasteiger partial charge in [-0.25, -0.2) is 4.39 Å². The third-order valence-electron chi connectivity index (χ3n) is 4.86. The van der Waals surface area contributed by atoms with Crippen LogP contribution in [0.15, 0.2) is 41.3 Å². The van der Waals surface area contributed by atoms with Crippen LogP contribution < -0.4 is 22.2 Å². The summed E-state index contributed by atoms with van der Waals surface area (Å²) in [6.07, 6.45) is 2.33. The number of halogens is 1. The Labute approximate surface area is 157 Å². The van der Waals surface area contributed by atoms with Crippen LogP contribution in [0.2, 0.25) is 0 Å². The van der Waals surface area contributed by atoms with Gasteiger partial charge in [0.25, 0.3) is 0 Å². The van der Waals surface area contributed by atoms with Crippen LogP contribution in [0.1, 0.15) is 31.0 Å². The number of pyridine rings is 1. The number of hydrogen-bond donors (Lipinski definition) is 3. The second kappa shape index (κ2) is 7.31. The summed E-state index contributed by atoms with van der Waals surface area (Å²) in [4.78, 5) is 12.3. The number of nitrogens with one attached hydrogen (secondary N) is 1. The first-order valence-electron chi connectivity index (χ1n) is 9.02. The molecule has 2 aromatic carbocycles. The van der Waals surface area contributed by atoms with E-state index in [9.17, 15) is 4.79 Å².